The van der Waals surface area contributed by atoms with E-state index in [1.54, 1.807) is 18.7 Å². The molecular formula is C12H13ClN2O. The highest BCUT2D eigenvalue weighted by molar-refractivity contribution is 6.30. The third kappa shape index (κ3) is 2.84. The molecule has 1 atom stereocenters. The lowest BCUT2D eigenvalue weighted by Crippen LogP contribution is -2.18. The second kappa shape index (κ2) is 5.14. The largest absolute Gasteiger partial charge is 0.472 e. The molecule has 0 aliphatic carbocycles. The van der Waals surface area contributed by atoms with E-state index in [0.29, 0.717) is 11.6 Å². The van der Waals surface area contributed by atoms with Crippen LogP contribution in [-0.2, 0) is 6.54 Å². The van der Waals surface area contributed by atoms with Crippen molar-refractivity contribution in [1.82, 2.24) is 10.3 Å². The summed E-state index contributed by atoms with van der Waals surface area (Å²) in [6, 6.07) is 5.95. The van der Waals surface area contributed by atoms with E-state index in [0.717, 1.165) is 11.3 Å². The van der Waals surface area contributed by atoms with Crippen LogP contribution < -0.4 is 5.32 Å². The molecule has 2 aromatic rings. The molecule has 0 saturated carbocycles. The summed E-state index contributed by atoms with van der Waals surface area (Å²) < 4.78 is 5.03. The number of rotatable bonds is 4. The average Bonchev–Trinajstić information content (AvgIpc) is 2.81. The summed E-state index contributed by atoms with van der Waals surface area (Å²) in [4.78, 5) is 4.21. The molecule has 1 N–H and O–H groups in total. The lowest BCUT2D eigenvalue weighted by Gasteiger charge is -2.11. The minimum atomic E-state index is 0.247. The summed E-state index contributed by atoms with van der Waals surface area (Å²) in [7, 11) is 0. The number of nitrogens with zero attached hydrogens (tertiary/aromatic N) is 1. The second-order valence-corrected chi connectivity index (χ2v) is 4.06. The molecule has 0 aliphatic heterocycles. The van der Waals surface area contributed by atoms with Crippen molar-refractivity contribution in [3.05, 3.63) is 53.2 Å². The molecule has 4 heteroatoms. The predicted molar refractivity (Wildman–Crippen MR) is 63.2 cm³/mol. The molecule has 2 rings (SSSR count). The first-order valence-corrected chi connectivity index (χ1v) is 5.49. The van der Waals surface area contributed by atoms with Gasteiger partial charge in [-0.1, -0.05) is 11.6 Å². The van der Waals surface area contributed by atoms with E-state index in [9.17, 15) is 0 Å². The van der Waals surface area contributed by atoms with E-state index in [2.05, 4.69) is 17.2 Å². The first-order chi connectivity index (χ1) is 7.75. The Bertz CT molecular complexity index is 425. The van der Waals surface area contributed by atoms with Crippen LogP contribution in [0, 0.1) is 0 Å². The minimum absolute atomic E-state index is 0.247. The molecule has 1 unspecified atom stereocenters. The fourth-order valence-electron chi connectivity index (χ4n) is 1.41. The van der Waals surface area contributed by atoms with Crippen LogP contribution in [0.3, 0.4) is 0 Å². The molecule has 0 bridgehead atoms. The first kappa shape index (κ1) is 11.2. The van der Waals surface area contributed by atoms with Crippen molar-refractivity contribution in [2.75, 3.05) is 0 Å². The van der Waals surface area contributed by atoms with Crippen molar-refractivity contribution >= 4 is 11.6 Å². The van der Waals surface area contributed by atoms with Crippen LogP contribution in [0.2, 0.25) is 5.02 Å². The number of halogens is 1. The van der Waals surface area contributed by atoms with Gasteiger partial charge in [0.1, 0.15) is 0 Å². The van der Waals surface area contributed by atoms with Crippen molar-refractivity contribution in [2.24, 2.45) is 0 Å². The van der Waals surface area contributed by atoms with Crippen LogP contribution in [-0.4, -0.2) is 4.98 Å². The number of aromatic nitrogens is 1. The van der Waals surface area contributed by atoms with Gasteiger partial charge in [0.15, 0.2) is 0 Å². The maximum atomic E-state index is 5.76. The van der Waals surface area contributed by atoms with Crippen molar-refractivity contribution in [1.29, 1.82) is 0 Å². The fourth-order valence-corrected chi connectivity index (χ4v) is 1.52. The molecule has 0 aromatic carbocycles. The monoisotopic (exact) mass is 236 g/mol. The Labute approximate surface area is 99.5 Å². The van der Waals surface area contributed by atoms with Gasteiger partial charge in [0.05, 0.1) is 23.2 Å². The highest BCUT2D eigenvalue weighted by atomic mass is 35.5. The molecule has 0 amide bonds. The van der Waals surface area contributed by atoms with E-state index >= 15 is 0 Å². The molecule has 0 fully saturated rings. The number of furan rings is 1. The Kier molecular flexibility index (Phi) is 3.59. The highest BCUT2D eigenvalue weighted by Gasteiger charge is 2.05. The van der Waals surface area contributed by atoms with Gasteiger partial charge in [-0.15, -0.1) is 0 Å². The van der Waals surface area contributed by atoms with E-state index in [1.807, 2.05) is 18.2 Å². The van der Waals surface area contributed by atoms with Gasteiger partial charge >= 0.3 is 0 Å². The Hall–Kier alpha value is -1.32. The topological polar surface area (TPSA) is 38.1 Å². The van der Waals surface area contributed by atoms with E-state index < -0.39 is 0 Å². The third-order valence-corrected chi connectivity index (χ3v) is 2.64. The zero-order chi connectivity index (χ0) is 11.4. The molecule has 0 radical (unpaired) electrons. The lowest BCUT2D eigenvalue weighted by molar-refractivity contribution is 0.536. The molecule has 84 valence electrons. The maximum absolute atomic E-state index is 5.76. The Morgan fingerprint density at radius 2 is 2.31 bits per heavy atom. The Morgan fingerprint density at radius 1 is 1.44 bits per heavy atom. The van der Waals surface area contributed by atoms with E-state index in [1.165, 1.54) is 0 Å². The van der Waals surface area contributed by atoms with E-state index in [-0.39, 0.29) is 6.04 Å². The average molecular weight is 237 g/mol. The van der Waals surface area contributed by atoms with Crippen molar-refractivity contribution < 1.29 is 4.42 Å². The molecule has 0 spiro atoms. The highest BCUT2D eigenvalue weighted by Crippen LogP contribution is 2.13. The van der Waals surface area contributed by atoms with Gasteiger partial charge in [-0.05, 0) is 25.1 Å². The summed E-state index contributed by atoms with van der Waals surface area (Å²) >= 11 is 5.76. The first-order valence-electron chi connectivity index (χ1n) is 5.11. The standard InChI is InChI=1S/C12H13ClN2O/c1-9(10-4-5-16-8-10)14-7-12-3-2-11(13)6-15-12/h2-6,8-9,14H,7H2,1H3. The van der Waals surface area contributed by atoms with Crippen LogP contribution in [0.1, 0.15) is 24.2 Å². The van der Waals surface area contributed by atoms with Gasteiger partial charge in [0.2, 0.25) is 0 Å². The number of hydrogen-bond donors (Lipinski definition) is 1. The third-order valence-electron chi connectivity index (χ3n) is 2.42. The van der Waals surface area contributed by atoms with Gasteiger partial charge in [0, 0.05) is 24.3 Å². The van der Waals surface area contributed by atoms with Crippen LogP contribution in [0.4, 0.5) is 0 Å². The van der Waals surface area contributed by atoms with Crippen LogP contribution in [0.5, 0.6) is 0 Å². The molecule has 2 aromatic heterocycles. The van der Waals surface area contributed by atoms with Crippen LogP contribution in [0.25, 0.3) is 0 Å². The number of nitrogens with one attached hydrogen (secondary N) is 1. The predicted octanol–water partition coefficient (Wildman–Crippen LogP) is 3.18. The summed E-state index contributed by atoms with van der Waals surface area (Å²) in [5.74, 6) is 0. The number of hydrogen-bond acceptors (Lipinski definition) is 3. The van der Waals surface area contributed by atoms with Crippen molar-refractivity contribution in [3.63, 3.8) is 0 Å². The fraction of sp³-hybridized carbons (Fsp3) is 0.250. The van der Waals surface area contributed by atoms with E-state index in [4.69, 9.17) is 16.0 Å². The summed E-state index contributed by atoms with van der Waals surface area (Å²) in [6.07, 6.45) is 5.07. The van der Waals surface area contributed by atoms with Crippen molar-refractivity contribution in [2.45, 2.75) is 19.5 Å². The van der Waals surface area contributed by atoms with Crippen molar-refractivity contribution in [3.8, 4) is 0 Å². The van der Waals surface area contributed by atoms with Gasteiger partial charge < -0.3 is 9.73 Å². The summed E-state index contributed by atoms with van der Waals surface area (Å²) in [5.41, 5.74) is 2.11. The lowest BCUT2D eigenvalue weighted by atomic mass is 10.2. The molecule has 3 nitrogen and oxygen atoms in total. The quantitative estimate of drug-likeness (QED) is 0.886. The minimum Gasteiger partial charge on any atom is -0.472 e. The number of pyridine rings is 1. The SMILES string of the molecule is CC(NCc1ccc(Cl)cn1)c1ccoc1. The maximum Gasteiger partial charge on any atom is 0.0950 e. The normalized spacial score (nSPS) is 12.6. The Morgan fingerprint density at radius 3 is 2.94 bits per heavy atom. The van der Waals surface area contributed by atoms with Crippen LogP contribution >= 0.6 is 11.6 Å². The van der Waals surface area contributed by atoms with Gasteiger partial charge in [-0.3, -0.25) is 4.98 Å². The van der Waals surface area contributed by atoms with Crippen LogP contribution in [0.15, 0.2) is 41.3 Å². The van der Waals surface area contributed by atoms with Gasteiger partial charge in [0.25, 0.3) is 0 Å². The van der Waals surface area contributed by atoms with Gasteiger partial charge in [-0.2, -0.15) is 0 Å². The summed E-state index contributed by atoms with van der Waals surface area (Å²) in [6.45, 7) is 2.80. The molecule has 0 aliphatic rings. The molecule has 0 saturated heterocycles. The summed E-state index contributed by atoms with van der Waals surface area (Å²) in [5, 5.41) is 4.01. The molecule has 16 heavy (non-hydrogen) atoms. The zero-order valence-electron chi connectivity index (χ0n) is 8.98. The molecular weight excluding hydrogens is 224 g/mol. The Balaban J connectivity index is 1.90. The second-order valence-electron chi connectivity index (χ2n) is 3.63. The molecule has 2 heterocycles. The smallest absolute Gasteiger partial charge is 0.0950 e. The zero-order valence-corrected chi connectivity index (χ0v) is 9.74. The van der Waals surface area contributed by atoms with Gasteiger partial charge in [-0.25, -0.2) is 0 Å².